The van der Waals surface area contributed by atoms with E-state index in [1.165, 1.54) is 6.42 Å². The van der Waals surface area contributed by atoms with Gasteiger partial charge >= 0.3 is 0 Å². The Morgan fingerprint density at radius 3 is 2.50 bits per heavy atom. The molecule has 2 nitrogen and oxygen atoms in total. The molecule has 0 aromatic rings. The summed E-state index contributed by atoms with van der Waals surface area (Å²) in [5.74, 6) is 0. The van der Waals surface area contributed by atoms with Gasteiger partial charge in [0.1, 0.15) is 0 Å². The number of thioether (sulfide) groups is 1. The number of nitrogens with two attached hydrogens (primary N) is 1. The molecule has 0 saturated carbocycles. The van der Waals surface area contributed by atoms with Crippen molar-refractivity contribution in [2.75, 3.05) is 13.2 Å². The first kappa shape index (κ1) is 12.3. The second-order valence-corrected chi connectivity index (χ2v) is 6.58. The first-order valence-electron chi connectivity index (χ1n) is 5.42. The van der Waals surface area contributed by atoms with E-state index in [0.29, 0.717) is 22.0 Å². The molecule has 0 bridgehead atoms. The summed E-state index contributed by atoms with van der Waals surface area (Å²) in [6.45, 7) is 10.6. The molecular formula is C11H23NOS. The topological polar surface area (TPSA) is 35.2 Å². The van der Waals surface area contributed by atoms with Crippen LogP contribution in [-0.2, 0) is 4.74 Å². The van der Waals surface area contributed by atoms with Crippen molar-refractivity contribution in [2.24, 2.45) is 11.1 Å². The van der Waals surface area contributed by atoms with E-state index in [-0.39, 0.29) is 0 Å². The van der Waals surface area contributed by atoms with Crippen LogP contribution in [0.15, 0.2) is 0 Å². The molecule has 1 aliphatic rings. The van der Waals surface area contributed by atoms with Crippen LogP contribution < -0.4 is 5.73 Å². The van der Waals surface area contributed by atoms with Crippen LogP contribution in [0.2, 0.25) is 0 Å². The van der Waals surface area contributed by atoms with Gasteiger partial charge in [0.25, 0.3) is 0 Å². The van der Waals surface area contributed by atoms with Gasteiger partial charge in [-0.25, -0.2) is 0 Å². The molecule has 2 N–H and O–H groups in total. The predicted molar refractivity (Wildman–Crippen MR) is 63.7 cm³/mol. The normalized spacial score (nSPS) is 30.6. The number of ether oxygens (including phenoxy) is 1. The van der Waals surface area contributed by atoms with Crippen LogP contribution in [-0.4, -0.2) is 29.8 Å². The smallest absolute Gasteiger partial charge is 0.0666 e. The van der Waals surface area contributed by atoms with E-state index in [0.717, 1.165) is 13.2 Å². The molecule has 0 aliphatic carbocycles. The van der Waals surface area contributed by atoms with Crippen molar-refractivity contribution in [1.29, 1.82) is 0 Å². The van der Waals surface area contributed by atoms with Crippen LogP contribution in [0.4, 0.5) is 0 Å². The fourth-order valence-electron chi connectivity index (χ4n) is 1.72. The molecule has 0 aromatic heterocycles. The molecule has 1 heterocycles. The van der Waals surface area contributed by atoms with Crippen molar-refractivity contribution < 1.29 is 4.74 Å². The molecule has 0 radical (unpaired) electrons. The van der Waals surface area contributed by atoms with Crippen molar-refractivity contribution in [2.45, 2.75) is 50.7 Å². The summed E-state index contributed by atoms with van der Waals surface area (Å²) >= 11 is 2.02. The van der Waals surface area contributed by atoms with Gasteiger partial charge in [0.2, 0.25) is 0 Å². The molecule has 1 saturated heterocycles. The maximum absolute atomic E-state index is 5.82. The Labute approximate surface area is 92.0 Å². The molecule has 3 unspecified atom stereocenters. The van der Waals surface area contributed by atoms with Gasteiger partial charge in [-0.1, -0.05) is 20.8 Å². The maximum atomic E-state index is 5.82. The third-order valence-electron chi connectivity index (χ3n) is 2.83. The van der Waals surface area contributed by atoms with Gasteiger partial charge in [-0.2, -0.15) is 11.8 Å². The fourth-order valence-corrected chi connectivity index (χ4v) is 3.19. The molecule has 0 amide bonds. The molecule has 0 aromatic carbocycles. The van der Waals surface area contributed by atoms with Crippen LogP contribution in [0.3, 0.4) is 0 Å². The summed E-state index contributed by atoms with van der Waals surface area (Å²) in [5.41, 5.74) is 6.11. The van der Waals surface area contributed by atoms with E-state index in [2.05, 4.69) is 27.7 Å². The zero-order chi connectivity index (χ0) is 10.8. The Kier molecular flexibility index (Phi) is 4.29. The van der Waals surface area contributed by atoms with Crippen LogP contribution in [0.1, 0.15) is 34.1 Å². The number of hydrogen-bond donors (Lipinski definition) is 1. The highest BCUT2D eigenvalue weighted by Gasteiger charge is 2.32. The van der Waals surface area contributed by atoms with Crippen LogP contribution in [0, 0.1) is 5.41 Å². The Hall–Kier alpha value is 0.270. The van der Waals surface area contributed by atoms with Crippen LogP contribution in [0.25, 0.3) is 0 Å². The molecule has 1 aliphatic heterocycles. The summed E-state index contributed by atoms with van der Waals surface area (Å²) in [7, 11) is 0. The van der Waals surface area contributed by atoms with Gasteiger partial charge in [-0.15, -0.1) is 0 Å². The molecule has 0 spiro atoms. The summed E-state index contributed by atoms with van der Waals surface area (Å²) in [4.78, 5) is 0. The van der Waals surface area contributed by atoms with E-state index in [4.69, 9.17) is 10.5 Å². The zero-order valence-corrected chi connectivity index (χ0v) is 10.6. The lowest BCUT2D eigenvalue weighted by Crippen LogP contribution is -2.34. The van der Waals surface area contributed by atoms with E-state index >= 15 is 0 Å². The molecule has 14 heavy (non-hydrogen) atoms. The van der Waals surface area contributed by atoms with E-state index < -0.39 is 0 Å². The molecule has 1 rings (SSSR count). The van der Waals surface area contributed by atoms with Crippen molar-refractivity contribution in [1.82, 2.24) is 0 Å². The van der Waals surface area contributed by atoms with Gasteiger partial charge in [-0.3, -0.25) is 0 Å². The Bertz CT molecular complexity index is 179. The summed E-state index contributed by atoms with van der Waals surface area (Å²) in [5, 5.41) is 1.18. The lowest BCUT2D eigenvalue weighted by Gasteiger charge is -2.31. The molecule has 1 fully saturated rings. The highest BCUT2D eigenvalue weighted by Crippen LogP contribution is 2.37. The third-order valence-corrected chi connectivity index (χ3v) is 5.02. The predicted octanol–water partition coefficient (Wildman–Crippen LogP) is 2.27. The minimum absolute atomic E-state index is 0.293. The third kappa shape index (κ3) is 3.14. The summed E-state index contributed by atoms with van der Waals surface area (Å²) < 4.78 is 5.56. The number of rotatable bonds is 3. The highest BCUT2D eigenvalue weighted by molar-refractivity contribution is 8.00. The lowest BCUT2D eigenvalue weighted by molar-refractivity contribution is 0.127. The van der Waals surface area contributed by atoms with Gasteiger partial charge in [0.15, 0.2) is 0 Å². The first-order valence-corrected chi connectivity index (χ1v) is 6.36. The summed E-state index contributed by atoms with van der Waals surface area (Å²) in [6, 6.07) is 0. The molecule has 3 heteroatoms. The van der Waals surface area contributed by atoms with Gasteiger partial charge in [0.05, 0.1) is 6.10 Å². The van der Waals surface area contributed by atoms with Crippen molar-refractivity contribution in [3.05, 3.63) is 0 Å². The second kappa shape index (κ2) is 4.86. The highest BCUT2D eigenvalue weighted by atomic mass is 32.2. The van der Waals surface area contributed by atoms with Gasteiger partial charge in [0, 0.05) is 23.7 Å². The number of hydrogen-bond acceptors (Lipinski definition) is 3. The van der Waals surface area contributed by atoms with Gasteiger partial charge in [-0.05, 0) is 18.8 Å². The Morgan fingerprint density at radius 1 is 1.50 bits per heavy atom. The van der Waals surface area contributed by atoms with Crippen molar-refractivity contribution in [3.63, 3.8) is 0 Å². The van der Waals surface area contributed by atoms with E-state index in [1.807, 2.05) is 11.8 Å². The lowest BCUT2D eigenvalue weighted by atomic mass is 9.92. The molecule has 3 atom stereocenters. The van der Waals surface area contributed by atoms with Crippen LogP contribution >= 0.6 is 11.8 Å². The quantitative estimate of drug-likeness (QED) is 0.787. The van der Waals surface area contributed by atoms with E-state index in [1.54, 1.807) is 0 Å². The van der Waals surface area contributed by atoms with Crippen LogP contribution in [0.5, 0.6) is 0 Å². The largest absolute Gasteiger partial charge is 0.377 e. The minimum atomic E-state index is 0.293. The second-order valence-electron chi connectivity index (χ2n) is 5.13. The standard InChI is InChI=1S/C11H23NOS/c1-8-9(5-6-13-8)14-10(7-12)11(2,3)4/h8-10H,5-7,12H2,1-4H3. The summed E-state index contributed by atoms with van der Waals surface area (Å²) in [6.07, 6.45) is 1.58. The van der Waals surface area contributed by atoms with Crippen molar-refractivity contribution >= 4 is 11.8 Å². The monoisotopic (exact) mass is 217 g/mol. The Morgan fingerprint density at radius 2 is 2.14 bits per heavy atom. The van der Waals surface area contributed by atoms with E-state index in [9.17, 15) is 0 Å². The first-order chi connectivity index (χ1) is 6.45. The zero-order valence-electron chi connectivity index (χ0n) is 9.75. The molecular weight excluding hydrogens is 194 g/mol. The van der Waals surface area contributed by atoms with Crippen molar-refractivity contribution in [3.8, 4) is 0 Å². The molecule has 84 valence electrons. The van der Waals surface area contributed by atoms with Gasteiger partial charge < -0.3 is 10.5 Å². The Balaban J connectivity index is 2.48. The fraction of sp³-hybridized carbons (Fsp3) is 1.00. The maximum Gasteiger partial charge on any atom is 0.0666 e. The minimum Gasteiger partial charge on any atom is -0.377 e. The average Bonchev–Trinajstić information content (AvgIpc) is 2.45. The SMILES string of the molecule is CC1OCCC1SC(CN)C(C)(C)C. The average molecular weight is 217 g/mol.